The summed E-state index contributed by atoms with van der Waals surface area (Å²) in [7, 11) is 0. The van der Waals surface area contributed by atoms with Gasteiger partial charge in [0.15, 0.2) is 0 Å². The minimum Gasteiger partial charge on any atom is -0.351 e. The lowest BCUT2D eigenvalue weighted by atomic mass is 9.99. The third-order valence-electron chi connectivity index (χ3n) is 3.14. The molecule has 5 heteroatoms. The van der Waals surface area contributed by atoms with Crippen molar-refractivity contribution in [1.29, 1.82) is 0 Å². The van der Waals surface area contributed by atoms with Gasteiger partial charge in [0.05, 0.1) is 0 Å². The number of carbonyl (C=O) groups excluding carboxylic acids is 1. The molecule has 2 nitrogen and oxygen atoms in total. The van der Waals surface area contributed by atoms with Crippen molar-refractivity contribution in [2.75, 3.05) is 6.54 Å². The minimum atomic E-state index is -0.750. The van der Waals surface area contributed by atoms with Crippen LogP contribution >= 0.6 is 15.9 Å². The zero-order chi connectivity index (χ0) is 14.4. The molecule has 0 aliphatic carbocycles. The molecule has 0 heterocycles. The summed E-state index contributed by atoms with van der Waals surface area (Å²) in [6.07, 6.45) is 2.02. The maximum atomic E-state index is 13.0. The standard InChI is InChI=1S/C14H18BrF2NO/c1-3-9(4-2)13(15)8-18-14(19)10-5-11(16)7-12(17)6-10/h5-7,9,13H,3-4,8H2,1-2H3,(H,18,19). The molecule has 0 fully saturated rings. The smallest absolute Gasteiger partial charge is 0.251 e. The van der Waals surface area contributed by atoms with Crippen molar-refractivity contribution in [3.63, 3.8) is 0 Å². The molecule has 0 aliphatic rings. The Morgan fingerprint density at radius 3 is 2.21 bits per heavy atom. The molecule has 1 aromatic rings. The summed E-state index contributed by atoms with van der Waals surface area (Å²) in [6, 6.07) is 2.80. The van der Waals surface area contributed by atoms with Crippen LogP contribution in [0.4, 0.5) is 8.78 Å². The Kier molecular flexibility index (Phi) is 6.42. The Labute approximate surface area is 120 Å². The topological polar surface area (TPSA) is 29.1 Å². The summed E-state index contributed by atoms with van der Waals surface area (Å²) in [6.45, 7) is 4.61. The number of amides is 1. The van der Waals surface area contributed by atoms with Crippen LogP contribution in [-0.2, 0) is 0 Å². The van der Waals surface area contributed by atoms with Gasteiger partial charge in [0.25, 0.3) is 5.91 Å². The Balaban J connectivity index is 2.60. The molecule has 0 bridgehead atoms. The van der Waals surface area contributed by atoms with Crippen LogP contribution in [0.1, 0.15) is 37.0 Å². The van der Waals surface area contributed by atoms with Crippen molar-refractivity contribution in [3.05, 3.63) is 35.4 Å². The molecular formula is C14H18BrF2NO. The summed E-state index contributed by atoms with van der Waals surface area (Å²) in [5.41, 5.74) is 0.00162. The lowest BCUT2D eigenvalue weighted by Gasteiger charge is -2.19. The Morgan fingerprint density at radius 2 is 1.74 bits per heavy atom. The van der Waals surface area contributed by atoms with Crippen LogP contribution < -0.4 is 5.32 Å². The van der Waals surface area contributed by atoms with Gasteiger partial charge in [0.1, 0.15) is 11.6 Å². The van der Waals surface area contributed by atoms with Gasteiger partial charge in [-0.05, 0) is 18.1 Å². The van der Waals surface area contributed by atoms with Gasteiger partial charge in [-0.25, -0.2) is 8.78 Å². The second-order valence-corrected chi connectivity index (χ2v) is 5.64. The van der Waals surface area contributed by atoms with Gasteiger partial charge in [-0.15, -0.1) is 0 Å². The van der Waals surface area contributed by atoms with E-state index in [2.05, 4.69) is 35.1 Å². The second kappa shape index (κ2) is 7.58. The van der Waals surface area contributed by atoms with Crippen LogP contribution in [0.2, 0.25) is 0 Å². The SMILES string of the molecule is CCC(CC)C(Br)CNC(=O)c1cc(F)cc(F)c1. The van der Waals surface area contributed by atoms with E-state index in [0.717, 1.165) is 31.0 Å². The highest BCUT2D eigenvalue weighted by Gasteiger charge is 2.17. The molecule has 106 valence electrons. The Hall–Kier alpha value is -0.970. The largest absolute Gasteiger partial charge is 0.351 e. The van der Waals surface area contributed by atoms with Crippen molar-refractivity contribution in [2.45, 2.75) is 31.5 Å². The van der Waals surface area contributed by atoms with Gasteiger partial charge in [-0.1, -0.05) is 42.6 Å². The quantitative estimate of drug-likeness (QED) is 0.786. The van der Waals surface area contributed by atoms with Crippen LogP contribution in [0.15, 0.2) is 18.2 Å². The maximum Gasteiger partial charge on any atom is 0.251 e. The summed E-state index contributed by atoms with van der Waals surface area (Å²) >= 11 is 3.53. The van der Waals surface area contributed by atoms with E-state index in [4.69, 9.17) is 0 Å². The van der Waals surface area contributed by atoms with E-state index < -0.39 is 17.5 Å². The number of carbonyl (C=O) groups is 1. The molecule has 1 unspecified atom stereocenters. The van der Waals surface area contributed by atoms with Crippen LogP contribution in [0.3, 0.4) is 0 Å². The van der Waals surface area contributed by atoms with Crippen LogP contribution in [-0.4, -0.2) is 17.3 Å². The molecule has 0 radical (unpaired) electrons. The van der Waals surface area contributed by atoms with Crippen LogP contribution in [0, 0.1) is 17.6 Å². The van der Waals surface area contributed by atoms with Crippen molar-refractivity contribution < 1.29 is 13.6 Å². The van der Waals surface area contributed by atoms with Crippen molar-refractivity contribution in [3.8, 4) is 0 Å². The number of hydrogen-bond donors (Lipinski definition) is 1. The average Bonchev–Trinajstić information content (AvgIpc) is 2.36. The molecular weight excluding hydrogens is 316 g/mol. The van der Waals surface area contributed by atoms with E-state index in [1.165, 1.54) is 0 Å². The van der Waals surface area contributed by atoms with E-state index in [-0.39, 0.29) is 10.4 Å². The minimum absolute atomic E-state index is 0.00162. The molecule has 1 atom stereocenters. The maximum absolute atomic E-state index is 13.0. The fourth-order valence-electron chi connectivity index (χ4n) is 1.94. The second-order valence-electron chi connectivity index (χ2n) is 4.46. The molecule has 0 spiro atoms. The highest BCUT2D eigenvalue weighted by Crippen LogP contribution is 2.19. The summed E-state index contributed by atoms with van der Waals surface area (Å²) in [5, 5.41) is 2.68. The normalized spacial score (nSPS) is 12.5. The van der Waals surface area contributed by atoms with Gasteiger partial charge in [-0.2, -0.15) is 0 Å². The first kappa shape index (κ1) is 16.1. The van der Waals surface area contributed by atoms with Gasteiger partial charge in [0.2, 0.25) is 0 Å². The van der Waals surface area contributed by atoms with E-state index in [9.17, 15) is 13.6 Å². The van der Waals surface area contributed by atoms with E-state index >= 15 is 0 Å². The molecule has 1 rings (SSSR count). The van der Waals surface area contributed by atoms with E-state index in [1.54, 1.807) is 0 Å². The van der Waals surface area contributed by atoms with Gasteiger partial charge in [0, 0.05) is 23.0 Å². The van der Waals surface area contributed by atoms with Crippen LogP contribution in [0.5, 0.6) is 0 Å². The molecule has 1 aromatic carbocycles. The third-order valence-corrected chi connectivity index (χ3v) is 4.21. The predicted molar refractivity (Wildman–Crippen MR) is 75.5 cm³/mol. The molecule has 1 N–H and O–H groups in total. The van der Waals surface area contributed by atoms with Crippen molar-refractivity contribution in [2.24, 2.45) is 5.92 Å². The molecule has 1 amide bonds. The van der Waals surface area contributed by atoms with Crippen LogP contribution in [0.25, 0.3) is 0 Å². The summed E-state index contributed by atoms with van der Waals surface area (Å²) < 4.78 is 26.0. The third kappa shape index (κ3) is 4.90. The van der Waals surface area contributed by atoms with Gasteiger partial charge in [-0.3, -0.25) is 4.79 Å². The van der Waals surface area contributed by atoms with E-state index in [0.29, 0.717) is 12.5 Å². The summed E-state index contributed by atoms with van der Waals surface area (Å²) in [4.78, 5) is 11.9. The molecule has 19 heavy (non-hydrogen) atoms. The monoisotopic (exact) mass is 333 g/mol. The first-order valence-corrected chi connectivity index (χ1v) is 7.27. The highest BCUT2D eigenvalue weighted by molar-refractivity contribution is 9.09. The average molecular weight is 334 g/mol. The van der Waals surface area contributed by atoms with Gasteiger partial charge < -0.3 is 5.32 Å². The zero-order valence-corrected chi connectivity index (χ0v) is 12.6. The van der Waals surface area contributed by atoms with Crippen molar-refractivity contribution in [1.82, 2.24) is 5.32 Å². The molecule has 0 saturated heterocycles. The van der Waals surface area contributed by atoms with E-state index in [1.807, 2.05) is 0 Å². The number of halogens is 3. The first-order valence-electron chi connectivity index (χ1n) is 6.36. The zero-order valence-electron chi connectivity index (χ0n) is 11.1. The lowest BCUT2D eigenvalue weighted by Crippen LogP contribution is -2.33. The predicted octanol–water partition coefficient (Wildman–Crippen LogP) is 3.89. The fourth-order valence-corrected chi connectivity index (χ4v) is 2.85. The number of nitrogens with one attached hydrogen (secondary N) is 1. The van der Waals surface area contributed by atoms with Gasteiger partial charge >= 0.3 is 0 Å². The molecule has 0 aliphatic heterocycles. The summed E-state index contributed by atoms with van der Waals surface area (Å²) in [5.74, 6) is -1.50. The number of rotatable bonds is 6. The molecule has 0 aromatic heterocycles. The Morgan fingerprint density at radius 1 is 1.21 bits per heavy atom. The first-order chi connectivity index (χ1) is 8.97. The number of alkyl halides is 1. The Bertz CT molecular complexity index is 415. The highest BCUT2D eigenvalue weighted by atomic mass is 79.9. The van der Waals surface area contributed by atoms with Crippen molar-refractivity contribution >= 4 is 21.8 Å². The number of hydrogen-bond acceptors (Lipinski definition) is 1. The number of benzene rings is 1. The molecule has 0 saturated carbocycles. The fraction of sp³-hybridized carbons (Fsp3) is 0.500. The lowest BCUT2D eigenvalue weighted by molar-refractivity contribution is 0.0951.